The number of hydrogen-bond donors (Lipinski definition) is 9. The van der Waals surface area contributed by atoms with Crippen LogP contribution in [0.15, 0.2) is 24.3 Å². The molecule has 0 fully saturated rings. The maximum atomic E-state index is 12.7. The van der Waals surface area contributed by atoms with Crippen LogP contribution in [0.1, 0.15) is 25.8 Å². The molecule has 14 nitrogen and oxygen atoms in total. The average Bonchev–Trinajstić information content (AvgIpc) is 2.75. The van der Waals surface area contributed by atoms with Crippen LogP contribution < -0.4 is 21.7 Å². The molecule has 1 aromatic carbocycles. The van der Waals surface area contributed by atoms with Crippen molar-refractivity contribution < 1.29 is 49.5 Å². The summed E-state index contributed by atoms with van der Waals surface area (Å²) < 4.78 is 0. The highest BCUT2D eigenvalue weighted by molar-refractivity contribution is 5.96. The summed E-state index contributed by atoms with van der Waals surface area (Å²) in [5.74, 6) is -6.21. The monoisotopic (exact) mass is 498 g/mol. The Balaban J connectivity index is 2.94. The summed E-state index contributed by atoms with van der Waals surface area (Å²) in [6.45, 7) is 2.22. The Kier molecular flexibility index (Phi) is 11.1. The molecule has 0 bridgehead atoms. The topological polar surface area (TPSA) is 249 Å². The number of aliphatic hydroxyl groups excluding tert-OH is 2. The summed E-state index contributed by atoms with van der Waals surface area (Å²) in [5.41, 5.74) is 6.42. The zero-order valence-electron chi connectivity index (χ0n) is 19.0. The molecule has 0 radical (unpaired) electrons. The number of amides is 3. The first-order chi connectivity index (χ1) is 16.2. The number of phenols is 1. The van der Waals surface area contributed by atoms with Crippen molar-refractivity contribution in [2.24, 2.45) is 5.73 Å². The van der Waals surface area contributed by atoms with Crippen molar-refractivity contribution in [2.45, 2.75) is 63.1 Å². The van der Waals surface area contributed by atoms with Crippen LogP contribution in [0.2, 0.25) is 0 Å². The van der Waals surface area contributed by atoms with E-state index in [1.807, 2.05) is 5.32 Å². The van der Waals surface area contributed by atoms with Gasteiger partial charge in [0.25, 0.3) is 0 Å². The highest BCUT2D eigenvalue weighted by Crippen LogP contribution is 2.11. The minimum absolute atomic E-state index is 0.00213. The van der Waals surface area contributed by atoms with Crippen molar-refractivity contribution in [1.82, 2.24) is 16.0 Å². The molecule has 3 amide bonds. The van der Waals surface area contributed by atoms with Crippen LogP contribution in [0.25, 0.3) is 0 Å². The van der Waals surface area contributed by atoms with Gasteiger partial charge in [0.1, 0.15) is 17.8 Å². The number of aliphatic carboxylic acids is 2. The number of aromatic hydroxyl groups is 1. The molecule has 35 heavy (non-hydrogen) atoms. The minimum atomic E-state index is -1.74. The molecule has 194 valence electrons. The fourth-order valence-corrected chi connectivity index (χ4v) is 2.93. The third kappa shape index (κ3) is 9.56. The van der Waals surface area contributed by atoms with Gasteiger partial charge in [-0.05, 0) is 38.0 Å². The molecule has 0 aliphatic carbocycles. The predicted molar refractivity (Wildman–Crippen MR) is 119 cm³/mol. The van der Waals surface area contributed by atoms with E-state index in [2.05, 4.69) is 10.6 Å². The third-order valence-electron chi connectivity index (χ3n) is 4.85. The van der Waals surface area contributed by atoms with E-state index in [9.17, 15) is 39.3 Å². The van der Waals surface area contributed by atoms with Gasteiger partial charge in [-0.1, -0.05) is 12.1 Å². The van der Waals surface area contributed by atoms with Crippen LogP contribution in [0.4, 0.5) is 0 Å². The zero-order chi connectivity index (χ0) is 26.9. The first-order valence-electron chi connectivity index (χ1n) is 10.5. The number of rotatable bonds is 13. The van der Waals surface area contributed by atoms with Crippen LogP contribution in [0, 0.1) is 0 Å². The van der Waals surface area contributed by atoms with E-state index in [1.54, 1.807) is 0 Å². The van der Waals surface area contributed by atoms with Crippen molar-refractivity contribution in [3.63, 3.8) is 0 Å². The molecule has 0 aliphatic heterocycles. The van der Waals surface area contributed by atoms with Gasteiger partial charge in [-0.15, -0.1) is 0 Å². The van der Waals surface area contributed by atoms with Gasteiger partial charge in [0.15, 0.2) is 6.04 Å². The van der Waals surface area contributed by atoms with Gasteiger partial charge in [-0.3, -0.25) is 19.2 Å². The number of benzene rings is 1. The van der Waals surface area contributed by atoms with Crippen LogP contribution >= 0.6 is 0 Å². The molecule has 0 saturated carbocycles. The zero-order valence-corrected chi connectivity index (χ0v) is 19.0. The Labute approximate surface area is 200 Å². The van der Waals surface area contributed by atoms with Crippen LogP contribution in [0.5, 0.6) is 5.75 Å². The Morgan fingerprint density at radius 3 is 1.80 bits per heavy atom. The molecule has 0 heterocycles. The number of carbonyl (C=O) groups excluding carboxylic acids is 3. The smallest absolute Gasteiger partial charge is 0.328 e. The highest BCUT2D eigenvalue weighted by atomic mass is 16.4. The maximum Gasteiger partial charge on any atom is 0.328 e. The number of carboxylic acids is 2. The van der Waals surface area contributed by atoms with E-state index in [0.717, 1.165) is 13.8 Å². The molecule has 1 aromatic rings. The largest absolute Gasteiger partial charge is 0.508 e. The summed E-state index contributed by atoms with van der Waals surface area (Å²) in [6, 6.07) is -0.549. The van der Waals surface area contributed by atoms with E-state index < -0.39 is 72.5 Å². The molecule has 0 saturated heterocycles. The van der Waals surface area contributed by atoms with Crippen molar-refractivity contribution in [1.29, 1.82) is 0 Å². The first kappa shape index (κ1) is 29.3. The molecule has 14 heteroatoms. The number of carboxylic acid groups (broad SMARTS) is 2. The van der Waals surface area contributed by atoms with E-state index in [1.165, 1.54) is 24.3 Å². The second kappa shape index (κ2) is 13.2. The van der Waals surface area contributed by atoms with Crippen molar-refractivity contribution in [2.75, 3.05) is 0 Å². The lowest BCUT2D eigenvalue weighted by molar-refractivity contribution is -0.146. The van der Waals surface area contributed by atoms with E-state index in [-0.39, 0.29) is 12.2 Å². The lowest BCUT2D eigenvalue weighted by Crippen LogP contribution is -2.61. The van der Waals surface area contributed by atoms with Crippen LogP contribution in [0.3, 0.4) is 0 Å². The first-order valence-corrected chi connectivity index (χ1v) is 10.5. The van der Waals surface area contributed by atoms with Crippen molar-refractivity contribution in [3.05, 3.63) is 29.8 Å². The fourth-order valence-electron chi connectivity index (χ4n) is 2.93. The van der Waals surface area contributed by atoms with E-state index >= 15 is 0 Å². The van der Waals surface area contributed by atoms with E-state index in [4.69, 9.17) is 15.9 Å². The van der Waals surface area contributed by atoms with Gasteiger partial charge in [0.05, 0.1) is 24.7 Å². The summed E-state index contributed by atoms with van der Waals surface area (Å²) >= 11 is 0. The SMILES string of the molecule is CC(O)C(NC(=O)C(NC(=O)C(CC(=O)O)NC(=O)C(N)Cc1ccc(O)cc1)C(C)O)C(=O)O. The lowest BCUT2D eigenvalue weighted by atomic mass is 10.0. The second-order valence-electron chi connectivity index (χ2n) is 7.93. The van der Waals surface area contributed by atoms with Crippen LogP contribution in [-0.4, -0.2) is 91.6 Å². The molecular weight excluding hydrogens is 468 g/mol. The molecule has 10 N–H and O–H groups in total. The number of nitrogens with two attached hydrogens (primary N) is 1. The number of nitrogens with one attached hydrogen (secondary N) is 3. The summed E-state index contributed by atoms with van der Waals surface area (Å²) in [7, 11) is 0. The molecule has 6 unspecified atom stereocenters. The Bertz CT molecular complexity index is 919. The summed E-state index contributed by atoms with van der Waals surface area (Å²) in [5, 5.41) is 53.2. The maximum absolute atomic E-state index is 12.7. The van der Waals surface area contributed by atoms with Crippen LogP contribution in [-0.2, 0) is 30.4 Å². The van der Waals surface area contributed by atoms with Gasteiger partial charge >= 0.3 is 11.9 Å². The second-order valence-corrected chi connectivity index (χ2v) is 7.93. The molecule has 0 spiro atoms. The Morgan fingerprint density at radius 2 is 1.34 bits per heavy atom. The fraction of sp³-hybridized carbons (Fsp3) is 0.476. The molecule has 6 atom stereocenters. The normalized spacial score (nSPS) is 16.0. The number of aliphatic hydroxyl groups is 2. The molecular formula is C21H30N4O10. The van der Waals surface area contributed by atoms with Gasteiger partial charge in [-0.25, -0.2) is 4.79 Å². The van der Waals surface area contributed by atoms with Gasteiger partial charge in [0, 0.05) is 0 Å². The number of hydrogen-bond acceptors (Lipinski definition) is 9. The Morgan fingerprint density at radius 1 is 0.829 bits per heavy atom. The third-order valence-corrected chi connectivity index (χ3v) is 4.85. The lowest BCUT2D eigenvalue weighted by Gasteiger charge is -2.26. The van der Waals surface area contributed by atoms with Gasteiger partial charge in [-0.2, -0.15) is 0 Å². The van der Waals surface area contributed by atoms with E-state index in [0.29, 0.717) is 5.56 Å². The van der Waals surface area contributed by atoms with Gasteiger partial charge in [0.2, 0.25) is 17.7 Å². The number of phenolic OH excluding ortho intramolecular Hbond substituents is 1. The van der Waals surface area contributed by atoms with Gasteiger partial charge < -0.3 is 47.2 Å². The summed E-state index contributed by atoms with van der Waals surface area (Å²) in [6.07, 6.45) is -3.94. The minimum Gasteiger partial charge on any atom is -0.508 e. The van der Waals surface area contributed by atoms with Crippen molar-refractivity contribution >= 4 is 29.7 Å². The number of carbonyl (C=O) groups is 5. The average molecular weight is 498 g/mol. The molecule has 0 aromatic heterocycles. The predicted octanol–water partition coefficient (Wildman–Crippen LogP) is -2.96. The van der Waals surface area contributed by atoms with Crippen molar-refractivity contribution in [3.8, 4) is 5.75 Å². The Hall–Kier alpha value is -3.75. The highest BCUT2D eigenvalue weighted by Gasteiger charge is 2.34. The molecule has 0 aliphatic rings. The summed E-state index contributed by atoms with van der Waals surface area (Å²) in [4.78, 5) is 60.0. The quantitative estimate of drug-likeness (QED) is 0.133. The molecule has 1 rings (SSSR count). The standard InChI is InChI=1S/C21H30N4O10/c1-9(26)16(20(33)25-17(10(2)27)21(34)35)24-19(32)14(8-15(29)30)23-18(31)13(22)7-11-3-5-12(28)6-4-11/h3-6,9-10,13-14,16-17,26-28H,7-8,22H2,1-2H3,(H,23,31)(H,24,32)(H,25,33)(H,29,30)(H,34,35).